The fourth-order valence-electron chi connectivity index (χ4n) is 2.30. The van der Waals surface area contributed by atoms with Crippen LogP contribution in [0.1, 0.15) is 39.2 Å². The van der Waals surface area contributed by atoms with E-state index in [2.05, 4.69) is 51.3 Å². The first-order chi connectivity index (χ1) is 9.39. The van der Waals surface area contributed by atoms with Crippen molar-refractivity contribution in [3.05, 3.63) is 28.2 Å². The van der Waals surface area contributed by atoms with Crippen molar-refractivity contribution in [1.82, 2.24) is 5.32 Å². The van der Waals surface area contributed by atoms with Crippen LogP contribution in [0, 0.1) is 0 Å². The van der Waals surface area contributed by atoms with Gasteiger partial charge >= 0.3 is 0 Å². The first kappa shape index (κ1) is 15.8. The average molecular weight is 341 g/mol. The van der Waals surface area contributed by atoms with Crippen LogP contribution < -0.4 is 10.2 Å². The molecule has 0 spiro atoms. The van der Waals surface area contributed by atoms with Crippen LogP contribution in [0.5, 0.6) is 0 Å². The Morgan fingerprint density at radius 2 is 2.10 bits per heavy atom. The van der Waals surface area contributed by atoms with Crippen molar-refractivity contribution in [2.75, 3.05) is 18.0 Å². The van der Waals surface area contributed by atoms with Gasteiger partial charge in [-0.15, -0.1) is 0 Å². The Labute approximate surface area is 130 Å². The van der Waals surface area contributed by atoms with Crippen LogP contribution in [0.25, 0.3) is 0 Å². The molecule has 1 aliphatic carbocycles. The summed E-state index contributed by atoms with van der Waals surface area (Å²) >= 11 is 3.67. The van der Waals surface area contributed by atoms with Gasteiger partial charge in [-0.1, -0.05) is 6.07 Å². The quantitative estimate of drug-likeness (QED) is 0.799. The van der Waals surface area contributed by atoms with Gasteiger partial charge in [0, 0.05) is 30.1 Å². The van der Waals surface area contributed by atoms with Crippen molar-refractivity contribution in [2.45, 2.75) is 51.8 Å². The van der Waals surface area contributed by atoms with Gasteiger partial charge < -0.3 is 15.3 Å². The van der Waals surface area contributed by atoms with Crippen LogP contribution in [0.2, 0.25) is 0 Å². The van der Waals surface area contributed by atoms with Crippen molar-refractivity contribution in [1.29, 1.82) is 0 Å². The van der Waals surface area contributed by atoms with Crippen LogP contribution in [-0.2, 0) is 6.54 Å². The van der Waals surface area contributed by atoms with Gasteiger partial charge in [-0.25, -0.2) is 0 Å². The fraction of sp³-hybridized carbons (Fsp3) is 0.625. The highest BCUT2D eigenvalue weighted by molar-refractivity contribution is 9.10. The van der Waals surface area contributed by atoms with Gasteiger partial charge in [-0.3, -0.25) is 0 Å². The summed E-state index contributed by atoms with van der Waals surface area (Å²) in [4.78, 5) is 2.20. The summed E-state index contributed by atoms with van der Waals surface area (Å²) in [5.74, 6) is 0. The van der Waals surface area contributed by atoms with E-state index in [1.807, 2.05) is 13.8 Å². The number of hydrogen-bond acceptors (Lipinski definition) is 3. The highest BCUT2D eigenvalue weighted by Crippen LogP contribution is 2.29. The van der Waals surface area contributed by atoms with E-state index in [0.717, 1.165) is 29.3 Å². The van der Waals surface area contributed by atoms with Crippen molar-refractivity contribution in [2.24, 2.45) is 0 Å². The van der Waals surface area contributed by atoms with Gasteiger partial charge in [0.1, 0.15) is 0 Å². The maximum absolute atomic E-state index is 10.0. The zero-order valence-corrected chi connectivity index (χ0v) is 14.2. The minimum atomic E-state index is -0.693. The molecule has 0 radical (unpaired) electrons. The molecule has 0 saturated heterocycles. The van der Waals surface area contributed by atoms with Crippen LogP contribution in [0.15, 0.2) is 22.7 Å². The molecule has 112 valence electrons. The molecule has 0 heterocycles. The Hall–Kier alpha value is -0.580. The summed E-state index contributed by atoms with van der Waals surface area (Å²) in [5, 5.41) is 13.5. The van der Waals surface area contributed by atoms with Crippen LogP contribution >= 0.6 is 15.9 Å². The Morgan fingerprint density at radius 1 is 1.40 bits per heavy atom. The lowest BCUT2D eigenvalue weighted by Gasteiger charge is -2.30. The molecule has 2 N–H and O–H groups in total. The number of benzene rings is 1. The summed E-state index contributed by atoms with van der Waals surface area (Å²) in [6.07, 6.45) is 2.63. The number of likely N-dealkylation sites (N-methyl/N-ethyl adjacent to an activating group) is 1. The molecule has 0 aliphatic heterocycles. The largest absolute Gasteiger partial charge is 0.389 e. The number of nitrogens with one attached hydrogen (secondary N) is 1. The lowest BCUT2D eigenvalue weighted by atomic mass is 10.1. The van der Waals surface area contributed by atoms with Gasteiger partial charge in [0.05, 0.1) is 11.3 Å². The Bertz CT molecular complexity index is 452. The predicted molar refractivity (Wildman–Crippen MR) is 88.2 cm³/mol. The normalized spacial score (nSPS) is 15.4. The van der Waals surface area contributed by atoms with Gasteiger partial charge in [0.2, 0.25) is 0 Å². The molecule has 1 aromatic rings. The minimum Gasteiger partial charge on any atom is -0.389 e. The molecule has 0 bridgehead atoms. The first-order valence-electron chi connectivity index (χ1n) is 7.38. The molecule has 0 amide bonds. The van der Waals surface area contributed by atoms with Gasteiger partial charge in [0.25, 0.3) is 0 Å². The van der Waals surface area contributed by atoms with E-state index < -0.39 is 5.60 Å². The monoisotopic (exact) mass is 340 g/mol. The predicted octanol–water partition coefficient (Wildman–Crippen LogP) is 3.30. The highest BCUT2D eigenvalue weighted by Gasteiger charge is 2.21. The summed E-state index contributed by atoms with van der Waals surface area (Å²) in [5.41, 5.74) is 1.75. The first-order valence-corrected chi connectivity index (χ1v) is 8.17. The topological polar surface area (TPSA) is 35.5 Å². The second-order valence-corrected chi connectivity index (χ2v) is 7.12. The molecule has 1 aromatic carbocycles. The minimum absolute atomic E-state index is 0.627. The smallest absolute Gasteiger partial charge is 0.0765 e. The second kappa shape index (κ2) is 6.46. The third-order valence-corrected chi connectivity index (χ3v) is 4.12. The van der Waals surface area contributed by atoms with Gasteiger partial charge in [0.15, 0.2) is 0 Å². The summed E-state index contributed by atoms with van der Waals surface area (Å²) in [7, 11) is 0. The van der Waals surface area contributed by atoms with Gasteiger partial charge in [-0.05, 0) is 67.2 Å². The molecule has 2 rings (SSSR count). The summed E-state index contributed by atoms with van der Waals surface area (Å²) in [6.45, 7) is 8.24. The van der Waals surface area contributed by atoms with E-state index >= 15 is 0 Å². The number of rotatable bonds is 7. The zero-order valence-electron chi connectivity index (χ0n) is 12.6. The number of anilines is 1. The lowest BCUT2D eigenvalue weighted by Crippen LogP contribution is -2.38. The summed E-state index contributed by atoms with van der Waals surface area (Å²) < 4.78 is 1.10. The van der Waals surface area contributed by atoms with Crippen LogP contribution in [0.3, 0.4) is 0 Å². The molecule has 1 saturated carbocycles. The Kier molecular flexibility index (Phi) is 5.10. The maximum Gasteiger partial charge on any atom is 0.0765 e. The Balaban J connectivity index is 2.06. The maximum atomic E-state index is 10.0. The number of aliphatic hydroxyl groups is 1. The average Bonchev–Trinajstić information content (AvgIpc) is 3.17. The molecule has 3 nitrogen and oxygen atoms in total. The molecule has 20 heavy (non-hydrogen) atoms. The van der Waals surface area contributed by atoms with Crippen LogP contribution in [0.4, 0.5) is 5.69 Å². The molecule has 4 heteroatoms. The SMILES string of the molecule is CCN(CC(C)(C)O)c1ccc(CNC2CC2)cc1Br. The van der Waals surface area contributed by atoms with Crippen molar-refractivity contribution >= 4 is 21.6 Å². The third-order valence-electron chi connectivity index (χ3n) is 3.48. The fourth-order valence-corrected chi connectivity index (χ4v) is 2.98. The molecular formula is C16H25BrN2O. The van der Waals surface area contributed by atoms with E-state index in [9.17, 15) is 5.11 Å². The zero-order chi connectivity index (χ0) is 14.8. The highest BCUT2D eigenvalue weighted by atomic mass is 79.9. The van der Waals surface area contributed by atoms with Crippen LogP contribution in [-0.4, -0.2) is 29.8 Å². The van der Waals surface area contributed by atoms with Crippen molar-refractivity contribution in [3.63, 3.8) is 0 Å². The molecule has 0 atom stereocenters. The standard InChI is InChI=1S/C16H25BrN2O/c1-4-19(11-16(2,3)20)15-8-5-12(9-14(15)17)10-18-13-6-7-13/h5,8-9,13,18,20H,4,6-7,10-11H2,1-3H3. The van der Waals surface area contributed by atoms with E-state index in [4.69, 9.17) is 0 Å². The van der Waals surface area contributed by atoms with Crippen molar-refractivity contribution in [3.8, 4) is 0 Å². The number of nitrogens with zero attached hydrogens (tertiary/aromatic N) is 1. The van der Waals surface area contributed by atoms with E-state index in [0.29, 0.717) is 6.54 Å². The van der Waals surface area contributed by atoms with E-state index in [1.165, 1.54) is 18.4 Å². The number of hydrogen-bond donors (Lipinski definition) is 2. The molecular weight excluding hydrogens is 316 g/mol. The molecule has 1 aliphatic rings. The molecule has 0 aromatic heterocycles. The second-order valence-electron chi connectivity index (χ2n) is 6.27. The third kappa shape index (κ3) is 4.76. The van der Waals surface area contributed by atoms with E-state index in [-0.39, 0.29) is 0 Å². The Morgan fingerprint density at radius 3 is 2.60 bits per heavy atom. The molecule has 1 fully saturated rings. The number of halogens is 1. The lowest BCUT2D eigenvalue weighted by molar-refractivity contribution is 0.0875. The van der Waals surface area contributed by atoms with E-state index in [1.54, 1.807) is 0 Å². The molecule has 0 unspecified atom stereocenters. The summed E-state index contributed by atoms with van der Waals surface area (Å²) in [6, 6.07) is 7.22. The van der Waals surface area contributed by atoms with Gasteiger partial charge in [-0.2, -0.15) is 0 Å². The van der Waals surface area contributed by atoms with Crippen molar-refractivity contribution < 1.29 is 5.11 Å².